The second kappa shape index (κ2) is 9.88. The maximum atomic E-state index is 10.4. The lowest BCUT2D eigenvalue weighted by molar-refractivity contribution is 0.107. The molecule has 0 aromatic heterocycles. The van der Waals surface area contributed by atoms with Crippen LogP contribution >= 0.6 is 0 Å². The maximum absolute atomic E-state index is 10.4. The van der Waals surface area contributed by atoms with E-state index in [1.165, 1.54) is 5.56 Å². The first kappa shape index (κ1) is 18.3. The van der Waals surface area contributed by atoms with Crippen molar-refractivity contribution >= 4 is 0 Å². The molecule has 1 atom stereocenters. The summed E-state index contributed by atoms with van der Waals surface area (Å²) in [6.45, 7) is 2.39. The van der Waals surface area contributed by atoms with Gasteiger partial charge in [-0.2, -0.15) is 0 Å². The standard InChI is InChI=1S/C23H25NO2/c25-23(16-24-15-19-8-3-1-4-9-19)22-13-7-12-21(14-22)18-26-17-20-10-5-2-6-11-20/h1-14,23-25H,15-18H2/t23-/m0/s1. The van der Waals surface area contributed by atoms with Gasteiger partial charge >= 0.3 is 0 Å². The fourth-order valence-corrected chi connectivity index (χ4v) is 2.82. The Morgan fingerprint density at radius 1 is 0.731 bits per heavy atom. The van der Waals surface area contributed by atoms with E-state index in [-0.39, 0.29) is 0 Å². The van der Waals surface area contributed by atoms with Crippen LogP contribution in [0.5, 0.6) is 0 Å². The van der Waals surface area contributed by atoms with E-state index in [4.69, 9.17) is 4.74 Å². The number of aliphatic hydroxyl groups is 1. The second-order valence-electron chi connectivity index (χ2n) is 6.36. The van der Waals surface area contributed by atoms with E-state index >= 15 is 0 Å². The number of nitrogens with one attached hydrogen (secondary N) is 1. The summed E-state index contributed by atoms with van der Waals surface area (Å²) in [5, 5.41) is 13.7. The van der Waals surface area contributed by atoms with Crippen LogP contribution in [0.1, 0.15) is 28.4 Å². The lowest BCUT2D eigenvalue weighted by atomic mass is 10.1. The molecule has 0 unspecified atom stereocenters. The van der Waals surface area contributed by atoms with Gasteiger partial charge in [0.25, 0.3) is 0 Å². The van der Waals surface area contributed by atoms with Crippen molar-refractivity contribution in [1.29, 1.82) is 0 Å². The van der Waals surface area contributed by atoms with Gasteiger partial charge in [0, 0.05) is 13.1 Å². The summed E-state index contributed by atoms with van der Waals surface area (Å²) in [7, 11) is 0. The van der Waals surface area contributed by atoms with Gasteiger partial charge in [-0.3, -0.25) is 0 Å². The van der Waals surface area contributed by atoms with Gasteiger partial charge in [-0.1, -0.05) is 84.9 Å². The molecule has 0 fully saturated rings. The molecule has 0 saturated carbocycles. The van der Waals surface area contributed by atoms with Crippen LogP contribution in [0.15, 0.2) is 84.9 Å². The summed E-state index contributed by atoms with van der Waals surface area (Å²) >= 11 is 0. The molecule has 3 aromatic carbocycles. The molecule has 3 aromatic rings. The number of aliphatic hydroxyl groups excluding tert-OH is 1. The van der Waals surface area contributed by atoms with Crippen LogP contribution < -0.4 is 5.32 Å². The molecule has 2 N–H and O–H groups in total. The van der Waals surface area contributed by atoms with Crippen molar-refractivity contribution in [3.8, 4) is 0 Å². The predicted molar refractivity (Wildman–Crippen MR) is 104 cm³/mol. The molecular formula is C23H25NO2. The van der Waals surface area contributed by atoms with Crippen molar-refractivity contribution in [2.75, 3.05) is 6.54 Å². The lowest BCUT2D eigenvalue weighted by Crippen LogP contribution is -2.21. The Kier molecular flexibility index (Phi) is 6.96. The summed E-state index contributed by atoms with van der Waals surface area (Å²) < 4.78 is 5.78. The minimum atomic E-state index is -0.534. The highest BCUT2D eigenvalue weighted by atomic mass is 16.5. The monoisotopic (exact) mass is 347 g/mol. The molecule has 3 rings (SSSR count). The van der Waals surface area contributed by atoms with Crippen LogP contribution in [0.2, 0.25) is 0 Å². The molecule has 26 heavy (non-hydrogen) atoms. The minimum Gasteiger partial charge on any atom is -0.387 e. The van der Waals surface area contributed by atoms with E-state index in [0.717, 1.165) is 23.2 Å². The summed E-state index contributed by atoms with van der Waals surface area (Å²) in [6, 6.07) is 28.3. The average molecular weight is 347 g/mol. The van der Waals surface area contributed by atoms with Gasteiger partial charge < -0.3 is 15.2 Å². The van der Waals surface area contributed by atoms with E-state index in [0.29, 0.717) is 19.8 Å². The lowest BCUT2D eigenvalue weighted by Gasteiger charge is -2.14. The normalized spacial score (nSPS) is 12.0. The quantitative estimate of drug-likeness (QED) is 0.609. The fourth-order valence-electron chi connectivity index (χ4n) is 2.82. The van der Waals surface area contributed by atoms with Crippen molar-refractivity contribution in [3.05, 3.63) is 107 Å². The fraction of sp³-hybridized carbons (Fsp3) is 0.217. The van der Waals surface area contributed by atoms with Gasteiger partial charge in [0.05, 0.1) is 19.3 Å². The second-order valence-corrected chi connectivity index (χ2v) is 6.36. The van der Waals surface area contributed by atoms with E-state index in [1.54, 1.807) is 0 Å². The van der Waals surface area contributed by atoms with E-state index in [1.807, 2.05) is 60.7 Å². The Morgan fingerprint density at radius 3 is 2.08 bits per heavy atom. The molecule has 0 aliphatic heterocycles. The molecule has 3 heteroatoms. The number of rotatable bonds is 9. The number of benzene rings is 3. The molecule has 0 aliphatic carbocycles. The zero-order valence-electron chi connectivity index (χ0n) is 14.8. The Bertz CT molecular complexity index is 774. The first-order chi connectivity index (χ1) is 12.8. The molecule has 0 heterocycles. The van der Waals surface area contributed by atoms with Crippen LogP contribution in [-0.4, -0.2) is 11.7 Å². The predicted octanol–water partition coefficient (Wildman–Crippen LogP) is 4.23. The van der Waals surface area contributed by atoms with E-state index in [2.05, 4.69) is 29.6 Å². The first-order valence-electron chi connectivity index (χ1n) is 8.94. The third kappa shape index (κ3) is 5.81. The van der Waals surface area contributed by atoms with Crippen LogP contribution in [0.4, 0.5) is 0 Å². The van der Waals surface area contributed by atoms with Crippen molar-refractivity contribution < 1.29 is 9.84 Å². The molecule has 3 nitrogen and oxygen atoms in total. The van der Waals surface area contributed by atoms with Crippen molar-refractivity contribution in [3.63, 3.8) is 0 Å². The molecule has 0 bridgehead atoms. The van der Waals surface area contributed by atoms with Crippen molar-refractivity contribution in [2.24, 2.45) is 0 Å². The van der Waals surface area contributed by atoms with Crippen molar-refractivity contribution in [1.82, 2.24) is 5.32 Å². The smallest absolute Gasteiger partial charge is 0.0914 e. The van der Waals surface area contributed by atoms with Crippen LogP contribution in [0.3, 0.4) is 0 Å². The van der Waals surface area contributed by atoms with Gasteiger partial charge in [-0.25, -0.2) is 0 Å². The summed E-state index contributed by atoms with van der Waals surface area (Å²) in [6.07, 6.45) is -0.534. The Hall–Kier alpha value is -2.46. The zero-order chi connectivity index (χ0) is 18.0. The average Bonchev–Trinajstić information content (AvgIpc) is 2.70. The number of hydrogen-bond donors (Lipinski definition) is 2. The number of hydrogen-bond acceptors (Lipinski definition) is 3. The van der Waals surface area contributed by atoms with E-state index in [9.17, 15) is 5.11 Å². The molecule has 134 valence electrons. The summed E-state index contributed by atoms with van der Waals surface area (Å²) in [4.78, 5) is 0. The Balaban J connectivity index is 1.46. The first-order valence-corrected chi connectivity index (χ1v) is 8.94. The minimum absolute atomic E-state index is 0.517. The Morgan fingerprint density at radius 2 is 1.35 bits per heavy atom. The third-order valence-corrected chi connectivity index (χ3v) is 4.23. The molecular weight excluding hydrogens is 322 g/mol. The van der Waals surface area contributed by atoms with Crippen LogP contribution in [-0.2, 0) is 24.5 Å². The molecule has 0 saturated heterocycles. The Labute approximate surface area is 155 Å². The van der Waals surface area contributed by atoms with Gasteiger partial charge in [0.2, 0.25) is 0 Å². The van der Waals surface area contributed by atoms with Gasteiger partial charge in [0.1, 0.15) is 0 Å². The van der Waals surface area contributed by atoms with Gasteiger partial charge in [-0.05, 0) is 22.3 Å². The number of ether oxygens (including phenoxy) is 1. The molecule has 0 spiro atoms. The third-order valence-electron chi connectivity index (χ3n) is 4.23. The maximum Gasteiger partial charge on any atom is 0.0914 e. The van der Waals surface area contributed by atoms with Crippen molar-refractivity contribution in [2.45, 2.75) is 25.9 Å². The van der Waals surface area contributed by atoms with Crippen LogP contribution in [0.25, 0.3) is 0 Å². The zero-order valence-corrected chi connectivity index (χ0v) is 14.8. The summed E-state index contributed by atoms with van der Waals surface area (Å²) in [5.41, 5.74) is 4.35. The highest BCUT2D eigenvalue weighted by Gasteiger charge is 2.08. The highest BCUT2D eigenvalue weighted by molar-refractivity contribution is 5.25. The highest BCUT2D eigenvalue weighted by Crippen LogP contribution is 2.15. The molecule has 0 aliphatic rings. The topological polar surface area (TPSA) is 41.5 Å². The van der Waals surface area contributed by atoms with Gasteiger partial charge in [0.15, 0.2) is 0 Å². The van der Waals surface area contributed by atoms with Gasteiger partial charge in [-0.15, -0.1) is 0 Å². The summed E-state index contributed by atoms with van der Waals surface area (Å²) in [5.74, 6) is 0. The molecule has 0 radical (unpaired) electrons. The molecule has 0 amide bonds. The largest absolute Gasteiger partial charge is 0.387 e. The van der Waals surface area contributed by atoms with Crippen LogP contribution in [0, 0.1) is 0 Å². The van der Waals surface area contributed by atoms with E-state index < -0.39 is 6.10 Å². The SMILES string of the molecule is O[C@@H](CNCc1ccccc1)c1cccc(COCc2ccccc2)c1.